The molecule has 1 N–H and O–H groups in total. The molecule has 1 atom stereocenters. The average molecular weight is 464 g/mol. The first-order valence-electron chi connectivity index (χ1n) is 14.0. The van der Waals surface area contributed by atoms with Crippen molar-refractivity contribution in [2.24, 2.45) is 23.2 Å². The van der Waals surface area contributed by atoms with Gasteiger partial charge in [-0.2, -0.15) is 0 Å². The summed E-state index contributed by atoms with van der Waals surface area (Å²) in [5.74, 6) is 2.60. The third-order valence-electron chi connectivity index (χ3n) is 9.65. The molecule has 5 nitrogen and oxygen atoms in total. The van der Waals surface area contributed by atoms with Gasteiger partial charge in [0.25, 0.3) is 0 Å². The number of likely N-dealkylation sites (tertiary alicyclic amines) is 2. The van der Waals surface area contributed by atoms with Crippen LogP contribution in [0.25, 0.3) is 0 Å². The number of amides is 2. The van der Waals surface area contributed by atoms with Gasteiger partial charge in [-0.05, 0) is 106 Å². The Morgan fingerprint density at radius 2 is 1.44 bits per heavy atom. The molecule has 2 saturated heterocycles. The molecule has 2 amide bonds. The Bertz CT molecular complexity index is 869. The van der Waals surface area contributed by atoms with Crippen molar-refractivity contribution in [3.63, 3.8) is 0 Å². The smallest absolute Gasteiger partial charge is 0.243 e. The highest BCUT2D eigenvalue weighted by atomic mass is 16.2. The zero-order valence-electron chi connectivity index (χ0n) is 20.6. The van der Waals surface area contributed by atoms with E-state index < -0.39 is 0 Å². The lowest BCUT2D eigenvalue weighted by Gasteiger charge is -2.56. The predicted octanol–water partition coefficient (Wildman–Crippen LogP) is 4.50. The minimum Gasteiger partial charge on any atom is -0.350 e. The third-order valence-corrected chi connectivity index (χ3v) is 9.65. The normalized spacial score (nSPS) is 35.0. The second kappa shape index (κ2) is 9.29. The number of carbonyl (C=O) groups is 2. The van der Waals surface area contributed by atoms with Crippen molar-refractivity contribution in [2.75, 3.05) is 19.6 Å². The first-order valence-corrected chi connectivity index (χ1v) is 14.0. The molecule has 184 valence electrons. The fourth-order valence-electron chi connectivity index (χ4n) is 8.40. The van der Waals surface area contributed by atoms with Crippen LogP contribution < -0.4 is 5.32 Å². The van der Waals surface area contributed by atoms with Crippen LogP contribution in [0.2, 0.25) is 0 Å². The summed E-state index contributed by atoms with van der Waals surface area (Å²) in [6.45, 7) is 4.73. The molecule has 2 aliphatic heterocycles. The summed E-state index contributed by atoms with van der Waals surface area (Å²) in [5, 5.41) is 3.16. The fraction of sp³-hybridized carbons (Fsp3) is 0.724. The van der Waals surface area contributed by atoms with Crippen molar-refractivity contribution in [3.8, 4) is 0 Å². The Morgan fingerprint density at radius 1 is 0.824 bits per heavy atom. The molecule has 0 aromatic heterocycles. The van der Waals surface area contributed by atoms with Crippen molar-refractivity contribution < 1.29 is 9.59 Å². The van der Waals surface area contributed by atoms with Crippen LogP contribution in [0.4, 0.5) is 0 Å². The van der Waals surface area contributed by atoms with E-state index in [2.05, 4.69) is 34.5 Å². The molecule has 4 saturated carbocycles. The molecule has 4 aliphatic carbocycles. The predicted molar refractivity (Wildman–Crippen MR) is 133 cm³/mol. The quantitative estimate of drug-likeness (QED) is 0.676. The Morgan fingerprint density at radius 3 is 2.09 bits per heavy atom. The topological polar surface area (TPSA) is 52.7 Å². The Kier molecular flexibility index (Phi) is 6.17. The summed E-state index contributed by atoms with van der Waals surface area (Å²) in [6, 6.07) is 8.42. The highest BCUT2D eigenvalue weighted by Gasteiger charge is 2.56. The van der Waals surface area contributed by atoms with Gasteiger partial charge in [0, 0.05) is 19.6 Å². The summed E-state index contributed by atoms with van der Waals surface area (Å²) < 4.78 is 0. The van der Waals surface area contributed by atoms with E-state index in [1.807, 2.05) is 4.90 Å². The lowest BCUT2D eigenvalue weighted by Crippen LogP contribution is -2.57. The molecule has 6 aliphatic rings. The van der Waals surface area contributed by atoms with Gasteiger partial charge >= 0.3 is 0 Å². The molecule has 7 rings (SSSR count). The van der Waals surface area contributed by atoms with E-state index in [-0.39, 0.29) is 17.4 Å². The van der Waals surface area contributed by atoms with Crippen LogP contribution in [0.5, 0.6) is 0 Å². The molecule has 0 unspecified atom stereocenters. The van der Waals surface area contributed by atoms with E-state index in [9.17, 15) is 9.59 Å². The number of nitrogens with zero attached hydrogens (tertiary/aromatic N) is 2. The van der Waals surface area contributed by atoms with E-state index >= 15 is 0 Å². The van der Waals surface area contributed by atoms with Crippen LogP contribution in [0.1, 0.15) is 81.8 Å². The molecule has 0 spiro atoms. The largest absolute Gasteiger partial charge is 0.350 e. The lowest BCUT2D eigenvalue weighted by molar-refractivity contribution is -0.160. The van der Waals surface area contributed by atoms with Crippen LogP contribution in [-0.4, -0.2) is 47.3 Å². The third kappa shape index (κ3) is 4.41. The minimum atomic E-state index is -0.279. The van der Waals surface area contributed by atoms with E-state index in [1.165, 1.54) is 57.2 Å². The highest BCUT2D eigenvalue weighted by Crippen LogP contribution is 2.60. The fourth-order valence-corrected chi connectivity index (χ4v) is 8.40. The molecule has 0 radical (unpaired) electrons. The lowest BCUT2D eigenvalue weighted by atomic mass is 9.49. The van der Waals surface area contributed by atoms with Gasteiger partial charge in [0.15, 0.2) is 0 Å². The van der Waals surface area contributed by atoms with Gasteiger partial charge in [0.05, 0.1) is 5.41 Å². The zero-order valence-corrected chi connectivity index (χ0v) is 20.6. The standard InChI is InChI=1S/C29H41N3O2/c33-27(30-19-21-6-8-22(9-7-21)20-31-10-2-1-3-11-31)26-5-4-12-32(26)28(34)29-16-23-13-24(17-29)15-25(14-23)18-29/h6-9,23-26H,1-5,10-20H2,(H,30,33)/t23?,24?,25?,26-,29?/m0/s1. The molecule has 1 aromatic rings. The molecule has 2 heterocycles. The van der Waals surface area contributed by atoms with E-state index in [0.29, 0.717) is 12.5 Å². The maximum atomic E-state index is 13.8. The number of benzene rings is 1. The van der Waals surface area contributed by atoms with Crippen molar-refractivity contribution in [1.29, 1.82) is 0 Å². The highest BCUT2D eigenvalue weighted by molar-refractivity contribution is 5.91. The Balaban J connectivity index is 1.05. The SMILES string of the molecule is O=C(NCc1ccc(CN2CCCCC2)cc1)[C@@H]1CCCN1C(=O)C12CC3CC(CC(C3)C1)C2. The van der Waals surface area contributed by atoms with E-state index in [0.717, 1.165) is 68.5 Å². The molecular formula is C29H41N3O2. The monoisotopic (exact) mass is 463 g/mol. The average Bonchev–Trinajstić information content (AvgIpc) is 3.33. The maximum absolute atomic E-state index is 13.8. The van der Waals surface area contributed by atoms with Gasteiger partial charge in [-0.25, -0.2) is 0 Å². The van der Waals surface area contributed by atoms with Crippen LogP contribution in [-0.2, 0) is 22.7 Å². The summed E-state index contributed by atoms with van der Waals surface area (Å²) in [7, 11) is 0. The van der Waals surface area contributed by atoms with Crippen molar-refractivity contribution in [1.82, 2.24) is 15.1 Å². The Labute approximate surface area is 204 Å². The number of piperidine rings is 1. The van der Waals surface area contributed by atoms with Gasteiger partial charge in [-0.15, -0.1) is 0 Å². The van der Waals surface area contributed by atoms with Crippen LogP contribution >= 0.6 is 0 Å². The number of nitrogens with one attached hydrogen (secondary N) is 1. The van der Waals surface area contributed by atoms with E-state index in [4.69, 9.17) is 0 Å². The first-order chi connectivity index (χ1) is 16.6. The molecule has 34 heavy (non-hydrogen) atoms. The Hall–Kier alpha value is -1.88. The van der Waals surface area contributed by atoms with Crippen molar-refractivity contribution in [3.05, 3.63) is 35.4 Å². The summed E-state index contributed by atoms with van der Waals surface area (Å²) in [6.07, 6.45) is 13.0. The van der Waals surface area contributed by atoms with Crippen molar-refractivity contribution in [2.45, 2.75) is 89.8 Å². The number of rotatable bonds is 6. The first kappa shape index (κ1) is 22.6. The number of carbonyl (C=O) groups excluding carboxylic acids is 2. The van der Waals surface area contributed by atoms with Crippen LogP contribution in [0.3, 0.4) is 0 Å². The second-order valence-corrected chi connectivity index (χ2v) is 12.2. The summed E-state index contributed by atoms with van der Waals surface area (Å²) in [4.78, 5) is 31.5. The summed E-state index contributed by atoms with van der Waals surface area (Å²) in [5.41, 5.74) is 2.33. The number of hydrogen-bond acceptors (Lipinski definition) is 3. The molecule has 5 heteroatoms. The zero-order chi connectivity index (χ0) is 23.1. The van der Waals surface area contributed by atoms with Crippen LogP contribution in [0, 0.1) is 23.2 Å². The minimum absolute atomic E-state index is 0.0352. The van der Waals surface area contributed by atoms with Crippen molar-refractivity contribution >= 4 is 11.8 Å². The maximum Gasteiger partial charge on any atom is 0.243 e. The van der Waals surface area contributed by atoms with Crippen LogP contribution in [0.15, 0.2) is 24.3 Å². The van der Waals surface area contributed by atoms with E-state index in [1.54, 1.807) is 0 Å². The van der Waals surface area contributed by atoms with Gasteiger partial charge in [-0.1, -0.05) is 30.7 Å². The van der Waals surface area contributed by atoms with Gasteiger partial charge < -0.3 is 10.2 Å². The van der Waals surface area contributed by atoms with Gasteiger partial charge in [-0.3, -0.25) is 14.5 Å². The molecule has 1 aromatic carbocycles. The molecule has 6 fully saturated rings. The van der Waals surface area contributed by atoms with Gasteiger partial charge in [0.1, 0.15) is 6.04 Å². The number of hydrogen-bond donors (Lipinski definition) is 1. The van der Waals surface area contributed by atoms with Gasteiger partial charge in [0.2, 0.25) is 11.8 Å². The summed E-state index contributed by atoms with van der Waals surface area (Å²) >= 11 is 0. The molecular weight excluding hydrogens is 422 g/mol. The molecule has 4 bridgehead atoms. The second-order valence-electron chi connectivity index (χ2n) is 12.2.